The molecule has 0 amide bonds. The number of hydrogen-bond donors (Lipinski definition) is 2. The first-order chi connectivity index (χ1) is 8.85. The third kappa shape index (κ3) is 2.02. The van der Waals surface area contributed by atoms with Crippen molar-refractivity contribution in [3.8, 4) is 5.75 Å². The first-order valence-corrected chi connectivity index (χ1v) is 5.65. The maximum Gasteiger partial charge on any atom is 0.201 e. The number of nitrogens with one attached hydrogen (secondary N) is 2. The molecule has 0 bridgehead atoms. The van der Waals surface area contributed by atoms with Crippen LogP contribution in [-0.2, 0) is 6.54 Å². The summed E-state index contributed by atoms with van der Waals surface area (Å²) in [5, 5.41) is 3.17. The Morgan fingerprint density at radius 3 is 3.11 bits per heavy atom. The van der Waals surface area contributed by atoms with Crippen LogP contribution in [0.4, 0.5) is 5.95 Å². The van der Waals surface area contributed by atoms with E-state index < -0.39 is 0 Å². The Morgan fingerprint density at radius 2 is 2.33 bits per heavy atom. The Morgan fingerprint density at radius 1 is 1.39 bits per heavy atom. The van der Waals surface area contributed by atoms with Crippen molar-refractivity contribution in [2.75, 3.05) is 12.4 Å². The van der Waals surface area contributed by atoms with Crippen LogP contribution in [0.5, 0.6) is 5.75 Å². The molecule has 0 aliphatic carbocycles. The lowest BCUT2D eigenvalue weighted by atomic mass is 10.3. The summed E-state index contributed by atoms with van der Waals surface area (Å²) in [5.41, 5.74) is 1.84. The van der Waals surface area contributed by atoms with Crippen LogP contribution in [0.1, 0.15) is 5.76 Å². The minimum atomic E-state index is 0.601. The second kappa shape index (κ2) is 4.44. The zero-order chi connectivity index (χ0) is 12.4. The smallest absolute Gasteiger partial charge is 0.201 e. The molecule has 2 aromatic heterocycles. The molecule has 0 fully saturated rings. The first-order valence-electron chi connectivity index (χ1n) is 5.65. The molecule has 0 saturated carbocycles. The second-order valence-corrected chi connectivity index (χ2v) is 3.90. The van der Waals surface area contributed by atoms with Crippen molar-refractivity contribution in [3.63, 3.8) is 0 Å². The number of anilines is 1. The maximum absolute atomic E-state index is 5.24. The van der Waals surface area contributed by atoms with Crippen LogP contribution in [0.3, 0.4) is 0 Å². The highest BCUT2D eigenvalue weighted by atomic mass is 16.5. The van der Waals surface area contributed by atoms with Crippen LogP contribution in [0.2, 0.25) is 0 Å². The van der Waals surface area contributed by atoms with Gasteiger partial charge < -0.3 is 19.5 Å². The first kappa shape index (κ1) is 10.7. The topological polar surface area (TPSA) is 63.1 Å². The lowest BCUT2D eigenvalue weighted by molar-refractivity contribution is 0.415. The summed E-state index contributed by atoms with van der Waals surface area (Å²) >= 11 is 0. The van der Waals surface area contributed by atoms with Gasteiger partial charge in [-0.25, -0.2) is 4.98 Å². The van der Waals surface area contributed by atoms with Crippen molar-refractivity contribution in [1.29, 1.82) is 0 Å². The van der Waals surface area contributed by atoms with Crippen LogP contribution in [0.15, 0.2) is 41.0 Å². The second-order valence-electron chi connectivity index (χ2n) is 3.90. The van der Waals surface area contributed by atoms with E-state index in [-0.39, 0.29) is 0 Å². The van der Waals surface area contributed by atoms with Gasteiger partial charge in [-0.2, -0.15) is 0 Å². The molecule has 3 aromatic rings. The van der Waals surface area contributed by atoms with Crippen LogP contribution < -0.4 is 10.1 Å². The van der Waals surface area contributed by atoms with Crippen molar-refractivity contribution in [2.24, 2.45) is 0 Å². The van der Waals surface area contributed by atoms with Gasteiger partial charge in [-0.05, 0) is 24.3 Å². The zero-order valence-electron chi connectivity index (χ0n) is 9.93. The van der Waals surface area contributed by atoms with Gasteiger partial charge in [0.05, 0.1) is 31.0 Å². The van der Waals surface area contributed by atoms with E-state index in [1.165, 1.54) is 0 Å². The highest BCUT2D eigenvalue weighted by Gasteiger charge is 2.04. The lowest BCUT2D eigenvalue weighted by Crippen LogP contribution is -1.99. The van der Waals surface area contributed by atoms with Crippen molar-refractivity contribution < 1.29 is 9.15 Å². The number of benzene rings is 1. The molecule has 5 heteroatoms. The van der Waals surface area contributed by atoms with Crippen LogP contribution in [0.25, 0.3) is 11.0 Å². The van der Waals surface area contributed by atoms with Gasteiger partial charge in [-0.15, -0.1) is 0 Å². The minimum absolute atomic E-state index is 0.601. The summed E-state index contributed by atoms with van der Waals surface area (Å²) in [6, 6.07) is 9.50. The van der Waals surface area contributed by atoms with Crippen molar-refractivity contribution in [1.82, 2.24) is 9.97 Å². The summed E-state index contributed by atoms with van der Waals surface area (Å²) in [4.78, 5) is 7.61. The molecular formula is C13H13N3O2. The van der Waals surface area contributed by atoms with E-state index in [4.69, 9.17) is 9.15 Å². The predicted molar refractivity (Wildman–Crippen MR) is 68.7 cm³/mol. The number of fused-ring (bicyclic) bond motifs is 1. The van der Waals surface area contributed by atoms with Crippen LogP contribution >= 0.6 is 0 Å². The summed E-state index contributed by atoms with van der Waals surface area (Å²) in [6.07, 6.45) is 1.65. The van der Waals surface area contributed by atoms with Crippen molar-refractivity contribution >= 4 is 17.0 Å². The standard InChI is InChI=1S/C13H13N3O2/c1-17-9-4-5-11-12(7-9)16-13(15-11)14-8-10-3-2-6-18-10/h2-7H,8H2,1H3,(H2,14,15,16). The number of methoxy groups -OCH3 is 1. The summed E-state index contributed by atoms with van der Waals surface area (Å²) in [6.45, 7) is 0.601. The molecule has 0 saturated heterocycles. The molecule has 2 N–H and O–H groups in total. The third-order valence-corrected chi connectivity index (χ3v) is 2.70. The highest BCUT2D eigenvalue weighted by molar-refractivity contribution is 5.79. The molecule has 5 nitrogen and oxygen atoms in total. The molecule has 0 radical (unpaired) electrons. The molecule has 0 spiro atoms. The normalized spacial score (nSPS) is 10.7. The van der Waals surface area contributed by atoms with E-state index in [0.717, 1.165) is 28.5 Å². The molecule has 18 heavy (non-hydrogen) atoms. The maximum atomic E-state index is 5.24. The van der Waals surface area contributed by atoms with Gasteiger partial charge >= 0.3 is 0 Å². The fraction of sp³-hybridized carbons (Fsp3) is 0.154. The third-order valence-electron chi connectivity index (χ3n) is 2.70. The molecule has 0 atom stereocenters. The zero-order valence-corrected chi connectivity index (χ0v) is 9.93. The molecule has 0 aliphatic rings. The Labute approximate surface area is 104 Å². The van der Waals surface area contributed by atoms with Crippen molar-refractivity contribution in [3.05, 3.63) is 42.4 Å². The number of hydrogen-bond acceptors (Lipinski definition) is 4. The number of aromatic nitrogens is 2. The van der Waals surface area contributed by atoms with Gasteiger partial charge in [0.25, 0.3) is 0 Å². The van der Waals surface area contributed by atoms with Gasteiger partial charge in [0.15, 0.2) is 0 Å². The lowest BCUT2D eigenvalue weighted by Gasteiger charge is -1.98. The molecule has 0 unspecified atom stereocenters. The predicted octanol–water partition coefficient (Wildman–Crippen LogP) is 2.78. The highest BCUT2D eigenvalue weighted by Crippen LogP contribution is 2.20. The number of nitrogens with zero attached hydrogens (tertiary/aromatic N) is 1. The fourth-order valence-electron chi connectivity index (χ4n) is 1.78. The van der Waals surface area contributed by atoms with E-state index in [0.29, 0.717) is 6.54 Å². The number of furan rings is 1. The molecule has 3 rings (SSSR count). The molecule has 2 heterocycles. The van der Waals surface area contributed by atoms with Crippen LogP contribution in [0, 0.1) is 0 Å². The summed E-state index contributed by atoms with van der Waals surface area (Å²) in [5.74, 6) is 2.39. The molecular weight excluding hydrogens is 230 g/mol. The van der Waals surface area contributed by atoms with E-state index in [9.17, 15) is 0 Å². The van der Waals surface area contributed by atoms with Gasteiger partial charge in [-0.1, -0.05) is 0 Å². The Hall–Kier alpha value is -2.43. The number of aromatic amines is 1. The van der Waals surface area contributed by atoms with Gasteiger partial charge in [0.1, 0.15) is 11.5 Å². The quantitative estimate of drug-likeness (QED) is 0.739. The number of imidazole rings is 1. The molecule has 92 valence electrons. The van der Waals surface area contributed by atoms with Gasteiger partial charge in [-0.3, -0.25) is 0 Å². The fourth-order valence-corrected chi connectivity index (χ4v) is 1.78. The van der Waals surface area contributed by atoms with Crippen molar-refractivity contribution in [2.45, 2.75) is 6.54 Å². The van der Waals surface area contributed by atoms with Crippen LogP contribution in [-0.4, -0.2) is 17.1 Å². The van der Waals surface area contributed by atoms with E-state index >= 15 is 0 Å². The van der Waals surface area contributed by atoms with E-state index in [1.807, 2.05) is 30.3 Å². The van der Waals surface area contributed by atoms with E-state index in [1.54, 1.807) is 13.4 Å². The average molecular weight is 243 g/mol. The Bertz CT molecular complexity index is 643. The van der Waals surface area contributed by atoms with Gasteiger partial charge in [0.2, 0.25) is 5.95 Å². The van der Waals surface area contributed by atoms with Gasteiger partial charge in [0, 0.05) is 6.07 Å². The monoisotopic (exact) mass is 243 g/mol. The number of H-pyrrole nitrogens is 1. The molecule has 0 aliphatic heterocycles. The summed E-state index contributed by atoms with van der Waals surface area (Å²) < 4.78 is 10.4. The molecule has 1 aromatic carbocycles. The SMILES string of the molecule is COc1ccc2nc(NCc3ccco3)[nH]c2c1. The van der Waals surface area contributed by atoms with E-state index in [2.05, 4.69) is 15.3 Å². The Kier molecular flexibility index (Phi) is 2.64. The number of rotatable bonds is 4. The Balaban J connectivity index is 1.80. The largest absolute Gasteiger partial charge is 0.497 e. The average Bonchev–Trinajstić information content (AvgIpc) is 3.04. The minimum Gasteiger partial charge on any atom is -0.497 e. The number of ether oxygens (including phenoxy) is 1. The summed E-state index contributed by atoms with van der Waals surface area (Å²) in [7, 11) is 1.65.